The number of fused-ring (bicyclic) bond motifs is 3. The van der Waals surface area contributed by atoms with Crippen LogP contribution in [0.1, 0.15) is 104 Å². The predicted molar refractivity (Wildman–Crippen MR) is 153 cm³/mol. The van der Waals surface area contributed by atoms with Gasteiger partial charge in [-0.05, 0) is 94.9 Å². The van der Waals surface area contributed by atoms with Crippen LogP contribution in [0.5, 0.6) is 0 Å². The first kappa shape index (κ1) is 27.5. The highest BCUT2D eigenvalue weighted by Crippen LogP contribution is 2.48. The largest absolute Gasteiger partial charge is 0.376 e. The van der Waals surface area contributed by atoms with Gasteiger partial charge in [0.15, 0.2) is 10.9 Å². The third kappa shape index (κ3) is 5.51. The molecule has 1 heterocycles. The van der Waals surface area contributed by atoms with Crippen molar-refractivity contribution in [3.8, 4) is 0 Å². The number of nitrogens with zero attached hydrogens (tertiary/aromatic N) is 2. The summed E-state index contributed by atoms with van der Waals surface area (Å²) in [5.74, 6) is 1.30. The molecule has 0 radical (unpaired) electrons. The van der Waals surface area contributed by atoms with Gasteiger partial charge in [0.2, 0.25) is 0 Å². The Balaban J connectivity index is 1.65. The standard InChI is InChI=1S/C30H47N3O2S/c1-10-30(9,16-17-35-28(4,5)6)32-27-31-22-15-14-21-23(26(22)36-27)29(7,8)19(3)24(25(21)34)33(11-2)18-20-12-13-20/h14-15,19-20,24H,10-13,16-18H2,1-9H3,(H,31,32)/t19-,24?,30?/m0/s1. The lowest BCUT2D eigenvalue weighted by atomic mass is 9.63. The molecule has 6 heteroatoms. The van der Waals surface area contributed by atoms with E-state index in [1.165, 1.54) is 18.4 Å². The van der Waals surface area contributed by atoms with E-state index in [1.54, 1.807) is 11.3 Å². The first-order chi connectivity index (χ1) is 16.8. The second kappa shape index (κ2) is 9.99. The number of hydrogen-bond donors (Lipinski definition) is 1. The Morgan fingerprint density at radius 1 is 1.19 bits per heavy atom. The van der Waals surface area contributed by atoms with Crippen LogP contribution < -0.4 is 5.32 Å². The van der Waals surface area contributed by atoms with Crippen LogP contribution in [0.3, 0.4) is 0 Å². The Labute approximate surface area is 222 Å². The lowest BCUT2D eigenvalue weighted by molar-refractivity contribution is -0.00943. The quantitative estimate of drug-likeness (QED) is 0.361. The monoisotopic (exact) mass is 513 g/mol. The van der Waals surface area contributed by atoms with Crippen molar-refractivity contribution in [1.29, 1.82) is 0 Å². The summed E-state index contributed by atoms with van der Waals surface area (Å²) >= 11 is 1.71. The van der Waals surface area contributed by atoms with Crippen molar-refractivity contribution in [3.05, 3.63) is 23.3 Å². The Bertz CT molecular complexity index is 1100. The van der Waals surface area contributed by atoms with E-state index in [4.69, 9.17) is 9.72 Å². The highest BCUT2D eigenvalue weighted by atomic mass is 32.1. The molecule has 0 bridgehead atoms. The molecule has 1 aromatic carbocycles. The molecule has 5 nitrogen and oxygen atoms in total. The maximum absolute atomic E-state index is 14.0. The molecule has 0 aliphatic heterocycles. The van der Waals surface area contributed by atoms with Crippen LogP contribution in [0.4, 0.5) is 5.13 Å². The van der Waals surface area contributed by atoms with Crippen molar-refractivity contribution < 1.29 is 9.53 Å². The number of ketones is 1. The summed E-state index contributed by atoms with van der Waals surface area (Å²) in [7, 11) is 0. The van der Waals surface area contributed by atoms with Gasteiger partial charge in [-0.25, -0.2) is 4.98 Å². The molecule has 1 saturated carbocycles. The lowest BCUT2D eigenvalue weighted by Crippen LogP contribution is -2.55. The summed E-state index contributed by atoms with van der Waals surface area (Å²) in [6.45, 7) is 22.6. The third-order valence-corrected chi connectivity index (χ3v) is 9.72. The molecule has 4 rings (SSSR count). The van der Waals surface area contributed by atoms with Crippen molar-refractivity contribution in [2.75, 3.05) is 25.0 Å². The number of carbonyl (C=O) groups excluding carboxylic acids is 1. The summed E-state index contributed by atoms with van der Waals surface area (Å²) in [6.07, 6.45) is 4.50. The minimum atomic E-state index is -0.137. The van der Waals surface area contributed by atoms with Crippen molar-refractivity contribution in [2.45, 2.75) is 111 Å². The molecule has 0 amide bonds. The molecule has 0 spiro atoms. The molecule has 200 valence electrons. The van der Waals surface area contributed by atoms with Gasteiger partial charge in [0, 0.05) is 24.3 Å². The smallest absolute Gasteiger partial charge is 0.184 e. The fraction of sp³-hybridized carbons (Fsp3) is 0.733. The lowest BCUT2D eigenvalue weighted by Gasteiger charge is -2.46. The highest BCUT2D eigenvalue weighted by molar-refractivity contribution is 7.22. The number of ether oxygens (including phenoxy) is 1. The number of hydrogen-bond acceptors (Lipinski definition) is 6. The van der Waals surface area contributed by atoms with Crippen LogP contribution in [0.25, 0.3) is 10.2 Å². The van der Waals surface area contributed by atoms with Crippen LogP contribution in [0.2, 0.25) is 0 Å². The number of anilines is 1. The summed E-state index contributed by atoms with van der Waals surface area (Å²) in [5.41, 5.74) is 2.72. The number of thiazole rings is 1. The van der Waals surface area contributed by atoms with Crippen LogP contribution in [0, 0.1) is 11.8 Å². The first-order valence-electron chi connectivity index (χ1n) is 13.9. The zero-order chi connectivity index (χ0) is 26.5. The van der Waals surface area contributed by atoms with Gasteiger partial charge < -0.3 is 10.1 Å². The van der Waals surface area contributed by atoms with Crippen LogP contribution >= 0.6 is 11.3 Å². The van der Waals surface area contributed by atoms with E-state index in [0.29, 0.717) is 12.4 Å². The minimum absolute atomic E-state index is 0.0488. The second-order valence-electron chi connectivity index (χ2n) is 13.0. The highest BCUT2D eigenvalue weighted by Gasteiger charge is 2.48. The van der Waals surface area contributed by atoms with E-state index >= 15 is 0 Å². The average molecular weight is 514 g/mol. The predicted octanol–water partition coefficient (Wildman–Crippen LogP) is 7.29. The molecule has 2 unspecified atom stereocenters. The zero-order valence-electron chi connectivity index (χ0n) is 24.0. The number of carbonyl (C=O) groups is 1. The molecule has 3 atom stereocenters. The topological polar surface area (TPSA) is 54.5 Å². The van der Waals surface area contributed by atoms with E-state index in [1.807, 2.05) is 6.07 Å². The Kier molecular flexibility index (Phi) is 7.64. The van der Waals surface area contributed by atoms with Gasteiger partial charge in [0.25, 0.3) is 0 Å². The Morgan fingerprint density at radius 2 is 1.89 bits per heavy atom. The van der Waals surface area contributed by atoms with Gasteiger partial charge in [0.05, 0.1) is 21.9 Å². The van der Waals surface area contributed by atoms with Crippen molar-refractivity contribution in [1.82, 2.24) is 9.88 Å². The van der Waals surface area contributed by atoms with E-state index in [9.17, 15) is 4.79 Å². The summed E-state index contributed by atoms with van der Waals surface area (Å²) in [5, 5.41) is 4.67. The zero-order valence-corrected chi connectivity index (χ0v) is 24.8. The van der Waals surface area contributed by atoms with Gasteiger partial charge >= 0.3 is 0 Å². The molecule has 1 N–H and O–H groups in total. The van der Waals surface area contributed by atoms with Gasteiger partial charge in [-0.15, -0.1) is 0 Å². The van der Waals surface area contributed by atoms with E-state index in [-0.39, 0.29) is 28.5 Å². The summed E-state index contributed by atoms with van der Waals surface area (Å²) in [4.78, 5) is 21.4. The molecule has 2 aromatic rings. The number of likely N-dealkylation sites (N-methyl/N-ethyl adjacent to an activating group) is 1. The summed E-state index contributed by atoms with van der Waals surface area (Å²) < 4.78 is 7.18. The van der Waals surface area contributed by atoms with E-state index in [0.717, 1.165) is 52.8 Å². The SMILES string of the molecule is CCN(CC1CC1)C1C(=O)c2ccc3nc(NC(C)(CC)CCOC(C)(C)C)sc3c2C(C)(C)[C@H]1C. The molecular weight excluding hydrogens is 466 g/mol. The van der Waals surface area contributed by atoms with E-state index in [2.05, 4.69) is 78.6 Å². The number of nitrogens with one attached hydrogen (secondary N) is 1. The number of aromatic nitrogens is 1. The minimum Gasteiger partial charge on any atom is -0.376 e. The third-order valence-electron chi connectivity index (χ3n) is 8.72. The van der Waals surface area contributed by atoms with Gasteiger partial charge in [0.1, 0.15) is 0 Å². The Hall–Kier alpha value is -1.50. The molecule has 0 saturated heterocycles. The molecule has 2 aliphatic carbocycles. The second-order valence-corrected chi connectivity index (χ2v) is 14.0. The van der Waals surface area contributed by atoms with Crippen LogP contribution in [-0.4, -0.2) is 52.5 Å². The Morgan fingerprint density at radius 3 is 2.47 bits per heavy atom. The van der Waals surface area contributed by atoms with Crippen molar-refractivity contribution in [3.63, 3.8) is 0 Å². The normalized spacial score (nSPS) is 23.7. The van der Waals surface area contributed by atoms with Gasteiger partial charge in [-0.1, -0.05) is 46.0 Å². The number of benzene rings is 1. The van der Waals surface area contributed by atoms with Crippen LogP contribution in [-0.2, 0) is 10.2 Å². The average Bonchev–Trinajstić information content (AvgIpc) is 3.52. The van der Waals surface area contributed by atoms with Crippen molar-refractivity contribution >= 4 is 32.5 Å². The fourth-order valence-electron chi connectivity index (χ4n) is 5.62. The summed E-state index contributed by atoms with van der Waals surface area (Å²) in [6, 6.07) is 4.05. The van der Waals surface area contributed by atoms with E-state index < -0.39 is 0 Å². The molecule has 2 aliphatic rings. The maximum Gasteiger partial charge on any atom is 0.184 e. The van der Waals surface area contributed by atoms with Gasteiger partial charge in [-0.3, -0.25) is 9.69 Å². The molecule has 1 aromatic heterocycles. The van der Waals surface area contributed by atoms with Gasteiger partial charge in [-0.2, -0.15) is 0 Å². The first-order valence-corrected chi connectivity index (χ1v) is 14.8. The van der Waals surface area contributed by atoms with Crippen molar-refractivity contribution in [2.24, 2.45) is 11.8 Å². The van der Waals surface area contributed by atoms with Crippen LogP contribution in [0.15, 0.2) is 12.1 Å². The maximum atomic E-state index is 14.0. The molecule has 36 heavy (non-hydrogen) atoms. The number of rotatable bonds is 10. The molecular formula is C30H47N3O2S. The fourth-order valence-corrected chi connectivity index (χ4v) is 6.95. The molecule has 1 fully saturated rings. The number of Topliss-reactive ketones (excluding diaryl/α,β-unsaturated/α-hetero) is 1.